The number of unbranched alkanes of at least 4 members (excludes halogenated alkanes) is 6. The highest BCUT2D eigenvalue weighted by Gasteiger charge is 2.14. The molecule has 1 aromatic heterocycles. The highest BCUT2D eigenvalue weighted by Crippen LogP contribution is 2.28. The van der Waals surface area contributed by atoms with Crippen LogP contribution in [0.25, 0.3) is 0 Å². The van der Waals surface area contributed by atoms with E-state index in [9.17, 15) is 0 Å². The van der Waals surface area contributed by atoms with Crippen LogP contribution in [-0.4, -0.2) is 0 Å². The second-order valence-corrected chi connectivity index (χ2v) is 6.24. The van der Waals surface area contributed by atoms with Gasteiger partial charge in [0, 0.05) is 4.88 Å². The number of rotatable bonds is 11. The van der Waals surface area contributed by atoms with Crippen molar-refractivity contribution in [1.82, 2.24) is 5.43 Å². The van der Waals surface area contributed by atoms with Gasteiger partial charge in [-0.3, -0.25) is 11.3 Å². The number of nitrogens with one attached hydrogen (secondary N) is 1. The van der Waals surface area contributed by atoms with Gasteiger partial charge in [0.15, 0.2) is 0 Å². The maximum absolute atomic E-state index is 5.72. The van der Waals surface area contributed by atoms with Crippen molar-refractivity contribution in [2.75, 3.05) is 0 Å². The third kappa shape index (κ3) is 6.07. The SMILES string of the molecule is CCCCCCCCCC(NN)c1sccc1CC. The van der Waals surface area contributed by atoms with Crippen LogP contribution in [0.3, 0.4) is 0 Å². The van der Waals surface area contributed by atoms with Crippen molar-refractivity contribution in [1.29, 1.82) is 0 Å². The molecule has 0 fully saturated rings. The zero-order valence-electron chi connectivity index (χ0n) is 12.6. The van der Waals surface area contributed by atoms with Crippen LogP contribution in [-0.2, 0) is 6.42 Å². The molecule has 3 heteroatoms. The van der Waals surface area contributed by atoms with Gasteiger partial charge in [0.1, 0.15) is 0 Å². The largest absolute Gasteiger partial charge is 0.271 e. The summed E-state index contributed by atoms with van der Waals surface area (Å²) in [6.45, 7) is 4.48. The molecule has 0 aliphatic heterocycles. The third-order valence-corrected chi connectivity index (χ3v) is 4.85. The van der Waals surface area contributed by atoms with Crippen LogP contribution in [0, 0.1) is 0 Å². The lowest BCUT2D eigenvalue weighted by molar-refractivity contribution is 0.479. The van der Waals surface area contributed by atoms with E-state index in [1.165, 1.54) is 55.4 Å². The molecule has 1 rings (SSSR count). The Labute approximate surface area is 122 Å². The van der Waals surface area contributed by atoms with E-state index in [1.54, 1.807) is 0 Å². The number of hydrogen-bond donors (Lipinski definition) is 2. The predicted octanol–water partition coefficient (Wildman–Crippen LogP) is 4.96. The van der Waals surface area contributed by atoms with E-state index in [4.69, 9.17) is 5.84 Å². The Bertz CT molecular complexity index is 322. The lowest BCUT2D eigenvalue weighted by atomic mass is 10.0. The molecule has 2 nitrogen and oxygen atoms in total. The Morgan fingerprint density at radius 3 is 2.42 bits per heavy atom. The Hall–Kier alpha value is -0.380. The summed E-state index contributed by atoms with van der Waals surface area (Å²) in [6.07, 6.45) is 11.8. The zero-order chi connectivity index (χ0) is 13.9. The number of aryl methyl sites for hydroxylation is 1. The molecule has 0 saturated carbocycles. The predicted molar refractivity (Wildman–Crippen MR) is 86.4 cm³/mol. The summed E-state index contributed by atoms with van der Waals surface area (Å²) in [6, 6.07) is 2.58. The van der Waals surface area contributed by atoms with Crippen molar-refractivity contribution < 1.29 is 0 Å². The van der Waals surface area contributed by atoms with Crippen molar-refractivity contribution >= 4 is 11.3 Å². The molecule has 0 amide bonds. The fraction of sp³-hybridized carbons (Fsp3) is 0.750. The molecule has 1 heterocycles. The first-order chi connectivity index (χ1) is 9.33. The van der Waals surface area contributed by atoms with Crippen LogP contribution in [0.1, 0.15) is 81.7 Å². The number of nitrogens with two attached hydrogens (primary N) is 1. The molecule has 1 aromatic rings. The van der Waals surface area contributed by atoms with E-state index in [2.05, 4.69) is 30.7 Å². The lowest BCUT2D eigenvalue weighted by Gasteiger charge is -2.16. The molecule has 1 atom stereocenters. The summed E-state index contributed by atoms with van der Waals surface area (Å²) in [5.41, 5.74) is 4.46. The Kier molecular flexibility index (Phi) is 9.14. The average Bonchev–Trinajstić information content (AvgIpc) is 2.90. The van der Waals surface area contributed by atoms with Gasteiger partial charge in [-0.15, -0.1) is 11.3 Å². The fourth-order valence-electron chi connectivity index (χ4n) is 2.54. The van der Waals surface area contributed by atoms with E-state index < -0.39 is 0 Å². The van der Waals surface area contributed by atoms with Crippen molar-refractivity contribution in [2.45, 2.75) is 77.7 Å². The smallest absolute Gasteiger partial charge is 0.0556 e. The van der Waals surface area contributed by atoms with Gasteiger partial charge in [-0.2, -0.15) is 0 Å². The molecule has 0 aliphatic carbocycles. The van der Waals surface area contributed by atoms with Gasteiger partial charge in [-0.1, -0.05) is 58.8 Å². The molecule has 0 bridgehead atoms. The molecule has 0 aliphatic rings. The molecule has 19 heavy (non-hydrogen) atoms. The molecule has 0 spiro atoms. The molecular weight excluding hydrogens is 252 g/mol. The number of thiophene rings is 1. The third-order valence-electron chi connectivity index (χ3n) is 3.78. The van der Waals surface area contributed by atoms with Gasteiger partial charge >= 0.3 is 0 Å². The van der Waals surface area contributed by atoms with Crippen LogP contribution in [0.15, 0.2) is 11.4 Å². The number of hydrogen-bond acceptors (Lipinski definition) is 3. The quantitative estimate of drug-likeness (QED) is 0.342. The summed E-state index contributed by atoms with van der Waals surface area (Å²) in [5.74, 6) is 5.72. The van der Waals surface area contributed by atoms with Crippen molar-refractivity contribution in [3.8, 4) is 0 Å². The Balaban J connectivity index is 2.22. The van der Waals surface area contributed by atoms with Gasteiger partial charge in [0.25, 0.3) is 0 Å². The molecule has 0 saturated heterocycles. The summed E-state index contributed by atoms with van der Waals surface area (Å²) in [4.78, 5) is 1.44. The summed E-state index contributed by atoms with van der Waals surface area (Å²) in [5, 5.41) is 2.18. The van der Waals surface area contributed by atoms with Crippen LogP contribution >= 0.6 is 11.3 Å². The van der Waals surface area contributed by atoms with Crippen LogP contribution in [0.5, 0.6) is 0 Å². The highest BCUT2D eigenvalue weighted by atomic mass is 32.1. The van der Waals surface area contributed by atoms with Gasteiger partial charge < -0.3 is 0 Å². The van der Waals surface area contributed by atoms with E-state index in [0.29, 0.717) is 6.04 Å². The van der Waals surface area contributed by atoms with E-state index in [-0.39, 0.29) is 0 Å². The Morgan fingerprint density at radius 2 is 1.79 bits per heavy atom. The molecule has 1 unspecified atom stereocenters. The second kappa shape index (κ2) is 10.4. The first kappa shape index (κ1) is 16.7. The van der Waals surface area contributed by atoms with E-state index in [1.807, 2.05) is 11.3 Å². The van der Waals surface area contributed by atoms with E-state index >= 15 is 0 Å². The summed E-state index contributed by atoms with van der Waals surface area (Å²) in [7, 11) is 0. The lowest BCUT2D eigenvalue weighted by Crippen LogP contribution is -2.28. The second-order valence-electron chi connectivity index (χ2n) is 5.29. The van der Waals surface area contributed by atoms with E-state index in [0.717, 1.165) is 12.8 Å². The molecule has 0 radical (unpaired) electrons. The van der Waals surface area contributed by atoms with Crippen LogP contribution < -0.4 is 11.3 Å². The van der Waals surface area contributed by atoms with Gasteiger partial charge in [0.05, 0.1) is 6.04 Å². The topological polar surface area (TPSA) is 38.0 Å². The maximum Gasteiger partial charge on any atom is 0.0556 e. The fourth-order valence-corrected chi connectivity index (χ4v) is 3.63. The van der Waals surface area contributed by atoms with Gasteiger partial charge in [-0.25, -0.2) is 0 Å². The molecular formula is C16H30N2S. The first-order valence-electron chi connectivity index (χ1n) is 7.85. The van der Waals surface area contributed by atoms with Gasteiger partial charge in [-0.05, 0) is 29.9 Å². The first-order valence-corrected chi connectivity index (χ1v) is 8.73. The summed E-state index contributed by atoms with van der Waals surface area (Å²) < 4.78 is 0. The monoisotopic (exact) mass is 282 g/mol. The molecule has 3 N–H and O–H groups in total. The minimum Gasteiger partial charge on any atom is -0.271 e. The molecule has 0 aromatic carbocycles. The average molecular weight is 282 g/mol. The minimum absolute atomic E-state index is 0.352. The maximum atomic E-state index is 5.72. The normalized spacial score (nSPS) is 12.8. The molecule has 110 valence electrons. The van der Waals surface area contributed by atoms with Crippen LogP contribution in [0.2, 0.25) is 0 Å². The zero-order valence-corrected chi connectivity index (χ0v) is 13.4. The van der Waals surface area contributed by atoms with Crippen molar-refractivity contribution in [2.24, 2.45) is 5.84 Å². The highest BCUT2D eigenvalue weighted by molar-refractivity contribution is 7.10. The Morgan fingerprint density at radius 1 is 1.11 bits per heavy atom. The van der Waals surface area contributed by atoms with Crippen molar-refractivity contribution in [3.63, 3.8) is 0 Å². The minimum atomic E-state index is 0.352. The van der Waals surface area contributed by atoms with Crippen molar-refractivity contribution in [3.05, 3.63) is 21.9 Å². The number of hydrazine groups is 1. The summed E-state index contributed by atoms with van der Waals surface area (Å²) >= 11 is 1.84. The standard InChI is InChI=1S/C16H30N2S/c1-3-5-6-7-8-9-10-11-15(18-17)16-14(4-2)12-13-19-16/h12-13,15,18H,3-11,17H2,1-2H3. The van der Waals surface area contributed by atoms with Crippen LogP contribution in [0.4, 0.5) is 0 Å². The van der Waals surface area contributed by atoms with Gasteiger partial charge in [0.2, 0.25) is 0 Å².